The van der Waals surface area contributed by atoms with E-state index in [9.17, 15) is 18.4 Å². The van der Waals surface area contributed by atoms with Crippen molar-refractivity contribution in [1.29, 1.82) is 0 Å². The summed E-state index contributed by atoms with van der Waals surface area (Å²) in [6.45, 7) is -0.686. The molecular formula is C18H21F2N3O3S. The largest absolute Gasteiger partial charge is 0.435 e. The second kappa shape index (κ2) is 10.1. The molecule has 0 aliphatic carbocycles. The summed E-state index contributed by atoms with van der Waals surface area (Å²) >= 11 is 1.35. The summed E-state index contributed by atoms with van der Waals surface area (Å²) in [6.07, 6.45) is 2.88. The van der Waals surface area contributed by atoms with E-state index in [2.05, 4.69) is 20.0 Å². The van der Waals surface area contributed by atoms with Crippen LogP contribution in [0.15, 0.2) is 34.2 Å². The van der Waals surface area contributed by atoms with Crippen LogP contribution in [0.2, 0.25) is 0 Å². The Bertz CT molecular complexity index is 826. The summed E-state index contributed by atoms with van der Waals surface area (Å²) < 4.78 is 28.5. The van der Waals surface area contributed by atoms with Crippen molar-refractivity contribution in [3.05, 3.63) is 51.4 Å². The van der Waals surface area contributed by atoms with Crippen LogP contribution < -0.4 is 15.6 Å². The van der Waals surface area contributed by atoms with Gasteiger partial charge in [-0.2, -0.15) is 8.78 Å². The maximum absolute atomic E-state index is 12.1. The molecule has 27 heavy (non-hydrogen) atoms. The normalized spacial score (nSPS) is 10.9. The average molecular weight is 397 g/mol. The molecule has 2 rings (SSSR count). The van der Waals surface area contributed by atoms with Crippen LogP contribution in [-0.4, -0.2) is 35.3 Å². The number of rotatable bonds is 9. The first-order valence-electron chi connectivity index (χ1n) is 8.33. The fraction of sp³-hybridized carbons (Fsp3) is 0.389. The highest BCUT2D eigenvalue weighted by molar-refractivity contribution is 7.98. The van der Waals surface area contributed by atoms with Gasteiger partial charge in [0.1, 0.15) is 5.75 Å². The fourth-order valence-electron chi connectivity index (χ4n) is 2.49. The Kier molecular flexibility index (Phi) is 7.78. The van der Waals surface area contributed by atoms with Crippen molar-refractivity contribution < 1.29 is 18.3 Å². The molecule has 146 valence electrons. The van der Waals surface area contributed by atoms with Gasteiger partial charge in [-0.3, -0.25) is 9.59 Å². The Labute approximate surface area is 159 Å². The third kappa shape index (κ3) is 6.67. The van der Waals surface area contributed by atoms with Gasteiger partial charge in [-0.1, -0.05) is 23.9 Å². The number of amides is 1. The average Bonchev–Trinajstić information content (AvgIpc) is 2.61. The van der Waals surface area contributed by atoms with E-state index in [0.29, 0.717) is 35.8 Å². The molecule has 6 nitrogen and oxygen atoms in total. The highest BCUT2D eigenvalue weighted by Gasteiger charge is 2.10. The quantitative estimate of drug-likeness (QED) is 0.502. The lowest BCUT2D eigenvalue weighted by molar-refractivity contribution is -0.121. The van der Waals surface area contributed by atoms with Crippen LogP contribution in [0, 0.1) is 6.92 Å². The third-order valence-electron chi connectivity index (χ3n) is 3.88. The van der Waals surface area contributed by atoms with E-state index in [-0.39, 0.29) is 23.6 Å². The molecule has 0 saturated heterocycles. The van der Waals surface area contributed by atoms with Crippen LogP contribution in [0.4, 0.5) is 8.78 Å². The number of carbonyl (C=O) groups excluding carboxylic acids is 1. The standard InChI is InChI=1S/C18H21F2N3O3S/c1-11-14(16(25)23-18(22-11)27-2)7-8-15(24)21-10-9-12-3-5-13(6-4-12)26-17(19)20/h3-6,17H,7-10H2,1-2H3,(H,21,24)(H,22,23,25). The number of H-pyrrole nitrogens is 1. The Hall–Kier alpha value is -2.42. The van der Waals surface area contributed by atoms with Crippen LogP contribution in [0.1, 0.15) is 23.2 Å². The van der Waals surface area contributed by atoms with Gasteiger partial charge in [-0.15, -0.1) is 0 Å². The van der Waals surface area contributed by atoms with Gasteiger partial charge in [0.15, 0.2) is 5.16 Å². The Morgan fingerprint density at radius 3 is 2.59 bits per heavy atom. The molecular weight excluding hydrogens is 376 g/mol. The van der Waals surface area contributed by atoms with E-state index in [0.717, 1.165) is 5.56 Å². The molecule has 0 atom stereocenters. The molecule has 2 aromatic rings. The van der Waals surface area contributed by atoms with E-state index in [1.807, 2.05) is 6.26 Å². The molecule has 1 heterocycles. The summed E-state index contributed by atoms with van der Waals surface area (Å²) in [7, 11) is 0. The van der Waals surface area contributed by atoms with Gasteiger partial charge < -0.3 is 15.0 Å². The molecule has 0 aliphatic heterocycles. The number of ether oxygens (including phenoxy) is 1. The molecule has 9 heteroatoms. The first-order chi connectivity index (χ1) is 12.9. The first-order valence-corrected chi connectivity index (χ1v) is 9.55. The maximum atomic E-state index is 12.1. The fourth-order valence-corrected chi connectivity index (χ4v) is 2.91. The zero-order valence-corrected chi connectivity index (χ0v) is 15.9. The van der Waals surface area contributed by atoms with Gasteiger partial charge in [-0.05, 0) is 43.7 Å². The van der Waals surface area contributed by atoms with E-state index < -0.39 is 6.61 Å². The van der Waals surface area contributed by atoms with Gasteiger partial charge in [0.05, 0.1) is 0 Å². The number of halogens is 2. The smallest absolute Gasteiger partial charge is 0.387 e. The highest BCUT2D eigenvalue weighted by atomic mass is 32.2. The van der Waals surface area contributed by atoms with Crippen molar-refractivity contribution in [2.75, 3.05) is 12.8 Å². The van der Waals surface area contributed by atoms with Crippen molar-refractivity contribution in [2.24, 2.45) is 0 Å². The van der Waals surface area contributed by atoms with E-state index in [4.69, 9.17) is 0 Å². The van der Waals surface area contributed by atoms with E-state index >= 15 is 0 Å². The number of aromatic nitrogens is 2. The highest BCUT2D eigenvalue weighted by Crippen LogP contribution is 2.15. The Morgan fingerprint density at radius 1 is 1.30 bits per heavy atom. The van der Waals surface area contributed by atoms with Gasteiger partial charge in [0.2, 0.25) is 5.91 Å². The predicted molar refractivity (Wildman–Crippen MR) is 99.5 cm³/mol. The van der Waals surface area contributed by atoms with Crippen LogP contribution in [0.5, 0.6) is 5.75 Å². The number of aryl methyl sites for hydroxylation is 1. The lowest BCUT2D eigenvalue weighted by Gasteiger charge is -2.08. The van der Waals surface area contributed by atoms with Crippen molar-refractivity contribution in [3.63, 3.8) is 0 Å². The number of hydrogen-bond donors (Lipinski definition) is 2. The molecule has 0 spiro atoms. The third-order valence-corrected chi connectivity index (χ3v) is 4.46. The summed E-state index contributed by atoms with van der Waals surface area (Å²) in [4.78, 5) is 31.0. The zero-order valence-electron chi connectivity index (χ0n) is 15.1. The number of thioether (sulfide) groups is 1. The second-order valence-corrected chi connectivity index (χ2v) is 6.56. The molecule has 1 aromatic heterocycles. The minimum absolute atomic E-state index is 0.0967. The summed E-state index contributed by atoms with van der Waals surface area (Å²) in [6, 6.07) is 6.27. The van der Waals surface area contributed by atoms with Gasteiger partial charge >= 0.3 is 6.61 Å². The number of benzene rings is 1. The van der Waals surface area contributed by atoms with Crippen molar-refractivity contribution in [2.45, 2.75) is 38.0 Å². The topological polar surface area (TPSA) is 84.1 Å². The van der Waals surface area contributed by atoms with Crippen molar-refractivity contribution in [1.82, 2.24) is 15.3 Å². The first kappa shape index (κ1) is 20.9. The van der Waals surface area contributed by atoms with Gasteiger partial charge in [-0.25, -0.2) is 4.98 Å². The molecule has 1 amide bonds. The van der Waals surface area contributed by atoms with Crippen LogP contribution in [0.3, 0.4) is 0 Å². The zero-order chi connectivity index (χ0) is 19.8. The molecule has 0 fully saturated rings. The SMILES string of the molecule is CSc1nc(C)c(CCC(=O)NCCc2ccc(OC(F)F)cc2)c(=O)[nH]1. The molecule has 0 saturated carbocycles. The number of carbonyl (C=O) groups is 1. The summed E-state index contributed by atoms with van der Waals surface area (Å²) in [5.74, 6) is -0.0696. The van der Waals surface area contributed by atoms with Gasteiger partial charge in [0.25, 0.3) is 5.56 Å². The Morgan fingerprint density at radius 2 is 2.00 bits per heavy atom. The van der Waals surface area contributed by atoms with Crippen molar-refractivity contribution >= 4 is 17.7 Å². The molecule has 2 N–H and O–H groups in total. The van der Waals surface area contributed by atoms with Crippen LogP contribution in [-0.2, 0) is 17.6 Å². The molecule has 1 aromatic carbocycles. The monoisotopic (exact) mass is 397 g/mol. The number of hydrogen-bond acceptors (Lipinski definition) is 5. The molecule has 0 bridgehead atoms. The second-order valence-electron chi connectivity index (χ2n) is 5.76. The van der Waals surface area contributed by atoms with E-state index in [1.165, 1.54) is 23.9 Å². The number of aromatic amines is 1. The van der Waals surface area contributed by atoms with Gasteiger partial charge in [0, 0.05) is 24.2 Å². The number of alkyl halides is 2. The number of nitrogens with zero attached hydrogens (tertiary/aromatic N) is 1. The van der Waals surface area contributed by atoms with Crippen LogP contribution >= 0.6 is 11.8 Å². The maximum Gasteiger partial charge on any atom is 0.387 e. The summed E-state index contributed by atoms with van der Waals surface area (Å²) in [5.41, 5.74) is 1.81. The molecule has 0 radical (unpaired) electrons. The van der Waals surface area contributed by atoms with Crippen molar-refractivity contribution in [3.8, 4) is 5.75 Å². The lowest BCUT2D eigenvalue weighted by Crippen LogP contribution is -2.27. The Balaban J connectivity index is 1.78. The lowest BCUT2D eigenvalue weighted by atomic mass is 10.1. The number of nitrogens with one attached hydrogen (secondary N) is 2. The molecule has 0 aliphatic rings. The van der Waals surface area contributed by atoms with E-state index in [1.54, 1.807) is 19.1 Å². The summed E-state index contributed by atoms with van der Waals surface area (Å²) in [5, 5.41) is 3.33. The molecule has 0 unspecified atom stereocenters. The van der Waals surface area contributed by atoms with Crippen LogP contribution in [0.25, 0.3) is 0 Å². The minimum atomic E-state index is -2.85. The predicted octanol–water partition coefficient (Wildman–Crippen LogP) is 2.69. The minimum Gasteiger partial charge on any atom is -0.435 e.